The lowest BCUT2D eigenvalue weighted by atomic mass is 9.99. The molecular weight excluding hydrogens is 246 g/mol. The summed E-state index contributed by atoms with van der Waals surface area (Å²) in [6.45, 7) is 5.64. The molecule has 0 amide bonds. The minimum atomic E-state index is -1.99. The Hall–Kier alpha value is -0.710. The van der Waals surface area contributed by atoms with Crippen molar-refractivity contribution in [1.29, 1.82) is 0 Å². The van der Waals surface area contributed by atoms with E-state index in [1.807, 2.05) is 24.3 Å². The Morgan fingerprint density at radius 3 is 2.33 bits per heavy atom. The lowest BCUT2D eigenvalue weighted by Gasteiger charge is -2.30. The van der Waals surface area contributed by atoms with Gasteiger partial charge in [0.1, 0.15) is 0 Å². The molecule has 3 nitrogen and oxygen atoms in total. The van der Waals surface area contributed by atoms with Crippen molar-refractivity contribution in [2.45, 2.75) is 32.1 Å². The minimum absolute atomic E-state index is 0.113. The Balaban J connectivity index is 1.88. The summed E-state index contributed by atoms with van der Waals surface area (Å²) in [4.78, 5) is 2.47. The van der Waals surface area contributed by atoms with Crippen molar-refractivity contribution in [2.24, 2.45) is 5.92 Å². The minimum Gasteiger partial charge on any atom is -0.772 e. The van der Waals surface area contributed by atoms with E-state index in [1.54, 1.807) is 0 Å². The van der Waals surface area contributed by atoms with Crippen molar-refractivity contribution in [3.8, 4) is 0 Å². The van der Waals surface area contributed by atoms with E-state index in [-0.39, 0.29) is 5.75 Å². The summed E-state index contributed by atoms with van der Waals surface area (Å²) in [6, 6.07) is 7.91. The summed E-state index contributed by atoms with van der Waals surface area (Å²) in [7, 11) is 0. The fourth-order valence-electron chi connectivity index (χ4n) is 2.36. The third-order valence-corrected chi connectivity index (χ3v) is 4.16. The normalized spacial score (nSPS) is 19.9. The van der Waals surface area contributed by atoms with Crippen molar-refractivity contribution < 1.29 is 8.76 Å². The first kappa shape index (κ1) is 13.7. The standard InChI is InChI=1S/C14H21NO2S/c1-12-6-8-15(9-7-12)10-13-2-4-14(5-3-13)11-18(16)17/h2-5,12H,6-11H2,1H3,(H,16,17)/p-1. The molecule has 1 aliphatic rings. The molecule has 1 aliphatic heterocycles. The van der Waals surface area contributed by atoms with Gasteiger partial charge in [0.25, 0.3) is 0 Å². The Morgan fingerprint density at radius 2 is 1.78 bits per heavy atom. The zero-order valence-electron chi connectivity index (χ0n) is 10.8. The smallest absolute Gasteiger partial charge is 0.0353 e. The highest BCUT2D eigenvalue weighted by Crippen LogP contribution is 2.18. The number of rotatable bonds is 4. The SMILES string of the molecule is CC1CCN(Cc2ccc(CS(=O)[O-])cc2)CC1. The average molecular weight is 266 g/mol. The highest BCUT2D eigenvalue weighted by molar-refractivity contribution is 7.78. The van der Waals surface area contributed by atoms with E-state index in [4.69, 9.17) is 0 Å². The van der Waals surface area contributed by atoms with E-state index in [0.29, 0.717) is 0 Å². The number of hydrogen-bond acceptors (Lipinski definition) is 3. The molecule has 0 aliphatic carbocycles. The van der Waals surface area contributed by atoms with Gasteiger partial charge in [-0.3, -0.25) is 9.11 Å². The lowest BCUT2D eigenvalue weighted by Crippen LogP contribution is -2.32. The molecule has 1 saturated heterocycles. The van der Waals surface area contributed by atoms with E-state index in [9.17, 15) is 8.76 Å². The Kier molecular flexibility index (Phi) is 4.92. The molecule has 0 aromatic heterocycles. The molecule has 1 fully saturated rings. The predicted octanol–water partition coefficient (Wildman–Crippen LogP) is 2.30. The van der Waals surface area contributed by atoms with Gasteiger partial charge in [0, 0.05) is 12.3 Å². The van der Waals surface area contributed by atoms with Gasteiger partial charge in [0.2, 0.25) is 0 Å². The van der Waals surface area contributed by atoms with Crippen molar-refractivity contribution in [3.05, 3.63) is 35.4 Å². The van der Waals surface area contributed by atoms with Gasteiger partial charge in [0.05, 0.1) is 0 Å². The zero-order chi connectivity index (χ0) is 13.0. The molecule has 1 heterocycles. The van der Waals surface area contributed by atoms with Crippen LogP contribution in [0.4, 0.5) is 0 Å². The van der Waals surface area contributed by atoms with E-state index in [0.717, 1.165) is 18.0 Å². The molecule has 0 saturated carbocycles. The molecular formula is C14H20NO2S-. The van der Waals surface area contributed by atoms with Crippen LogP contribution >= 0.6 is 0 Å². The number of nitrogens with zero attached hydrogens (tertiary/aromatic N) is 1. The molecule has 100 valence electrons. The van der Waals surface area contributed by atoms with Crippen molar-refractivity contribution in [2.75, 3.05) is 13.1 Å². The summed E-state index contributed by atoms with van der Waals surface area (Å²) < 4.78 is 21.2. The molecule has 18 heavy (non-hydrogen) atoms. The predicted molar refractivity (Wildman–Crippen MR) is 72.7 cm³/mol. The second-order valence-electron chi connectivity index (χ2n) is 5.22. The van der Waals surface area contributed by atoms with Crippen LogP contribution in [0, 0.1) is 5.92 Å². The lowest BCUT2D eigenvalue weighted by molar-refractivity contribution is 0.185. The topological polar surface area (TPSA) is 43.4 Å². The quantitative estimate of drug-likeness (QED) is 0.785. The number of likely N-dealkylation sites (tertiary alicyclic amines) is 1. The molecule has 1 atom stereocenters. The van der Waals surface area contributed by atoms with Crippen LogP contribution in [0.15, 0.2) is 24.3 Å². The second kappa shape index (κ2) is 6.45. The summed E-state index contributed by atoms with van der Waals surface area (Å²) in [6.07, 6.45) is 2.57. The van der Waals surface area contributed by atoms with Crippen molar-refractivity contribution in [3.63, 3.8) is 0 Å². The van der Waals surface area contributed by atoms with Crippen LogP contribution in [-0.2, 0) is 23.4 Å². The van der Waals surface area contributed by atoms with Gasteiger partial charge in [-0.1, -0.05) is 42.3 Å². The van der Waals surface area contributed by atoms with Crippen molar-refractivity contribution >= 4 is 11.1 Å². The fourth-order valence-corrected chi connectivity index (χ4v) is 2.82. The molecule has 4 heteroatoms. The zero-order valence-corrected chi connectivity index (χ0v) is 11.6. The Bertz CT molecular complexity index is 397. The first-order valence-electron chi connectivity index (χ1n) is 6.49. The third-order valence-electron chi connectivity index (χ3n) is 3.59. The highest BCUT2D eigenvalue weighted by Gasteiger charge is 2.15. The van der Waals surface area contributed by atoms with Crippen molar-refractivity contribution in [1.82, 2.24) is 4.90 Å². The fraction of sp³-hybridized carbons (Fsp3) is 0.571. The van der Waals surface area contributed by atoms with Gasteiger partial charge in [0.15, 0.2) is 0 Å². The number of piperidine rings is 1. The van der Waals surface area contributed by atoms with Gasteiger partial charge in [-0.2, -0.15) is 0 Å². The maximum Gasteiger partial charge on any atom is 0.0353 e. The maximum atomic E-state index is 10.6. The van der Waals surface area contributed by atoms with Gasteiger partial charge < -0.3 is 4.55 Å². The van der Waals surface area contributed by atoms with E-state index in [2.05, 4.69) is 11.8 Å². The van der Waals surface area contributed by atoms with E-state index >= 15 is 0 Å². The molecule has 1 aromatic carbocycles. The maximum absolute atomic E-state index is 10.6. The van der Waals surface area contributed by atoms with Crippen LogP contribution in [0.5, 0.6) is 0 Å². The van der Waals surface area contributed by atoms with Crippen LogP contribution in [-0.4, -0.2) is 26.8 Å². The Morgan fingerprint density at radius 1 is 1.22 bits per heavy atom. The summed E-state index contributed by atoms with van der Waals surface area (Å²) in [5.41, 5.74) is 2.13. The van der Waals surface area contributed by atoms with Gasteiger partial charge >= 0.3 is 0 Å². The molecule has 0 N–H and O–H groups in total. The van der Waals surface area contributed by atoms with Gasteiger partial charge in [-0.05, 0) is 43.0 Å². The summed E-state index contributed by atoms with van der Waals surface area (Å²) >= 11 is -1.99. The number of benzene rings is 1. The third kappa shape index (κ3) is 4.19. The van der Waals surface area contributed by atoms with Gasteiger partial charge in [-0.15, -0.1) is 0 Å². The number of hydrogen-bond donors (Lipinski definition) is 0. The summed E-state index contributed by atoms with van der Waals surface area (Å²) in [5, 5.41) is 0. The second-order valence-corrected chi connectivity index (χ2v) is 6.12. The van der Waals surface area contributed by atoms with Crippen LogP contribution in [0.3, 0.4) is 0 Å². The monoisotopic (exact) mass is 266 g/mol. The first-order valence-corrected chi connectivity index (χ1v) is 7.74. The van der Waals surface area contributed by atoms with E-state index < -0.39 is 11.1 Å². The molecule has 0 bridgehead atoms. The summed E-state index contributed by atoms with van der Waals surface area (Å²) in [5.74, 6) is 0.970. The van der Waals surface area contributed by atoms with E-state index in [1.165, 1.54) is 31.5 Å². The molecule has 0 spiro atoms. The molecule has 1 aromatic rings. The highest BCUT2D eigenvalue weighted by atomic mass is 32.2. The average Bonchev–Trinajstić information content (AvgIpc) is 2.34. The largest absolute Gasteiger partial charge is 0.772 e. The van der Waals surface area contributed by atoms with Crippen LogP contribution in [0.25, 0.3) is 0 Å². The first-order chi connectivity index (χ1) is 8.63. The van der Waals surface area contributed by atoms with Gasteiger partial charge in [-0.25, -0.2) is 0 Å². The van der Waals surface area contributed by atoms with Crippen LogP contribution in [0.1, 0.15) is 30.9 Å². The molecule has 0 radical (unpaired) electrons. The molecule has 2 rings (SSSR count). The van der Waals surface area contributed by atoms with Crippen LogP contribution < -0.4 is 0 Å². The van der Waals surface area contributed by atoms with Crippen LogP contribution in [0.2, 0.25) is 0 Å². The molecule has 1 unspecified atom stereocenters. The Labute approximate surface area is 111 Å².